The van der Waals surface area contributed by atoms with Crippen LogP contribution in [0.4, 0.5) is 0 Å². The van der Waals surface area contributed by atoms with Gasteiger partial charge < -0.3 is 0 Å². The highest BCUT2D eigenvalue weighted by Crippen LogP contribution is 2.21. The number of pyridine rings is 1. The Balaban J connectivity index is 2.09. The van der Waals surface area contributed by atoms with E-state index in [1.807, 2.05) is 54.6 Å². The zero-order valence-electron chi connectivity index (χ0n) is 10.0. The largest absolute Gasteiger partial charge is 0.289 e. The summed E-state index contributed by atoms with van der Waals surface area (Å²) in [5.41, 5.74) is 2.15. The van der Waals surface area contributed by atoms with Gasteiger partial charge in [0, 0.05) is 27.2 Å². The molecule has 0 aliphatic carbocycles. The van der Waals surface area contributed by atoms with E-state index in [4.69, 9.17) is 0 Å². The van der Waals surface area contributed by atoms with Gasteiger partial charge in [-0.1, -0.05) is 46.3 Å². The Bertz CT molecular complexity index is 767. The Hall–Kier alpha value is -2.00. The smallest absolute Gasteiger partial charge is 0.194 e. The molecule has 2 aromatic carbocycles. The number of fused-ring (bicyclic) bond motifs is 1. The average Bonchev–Trinajstić information content (AvgIpc) is 2.46. The first kappa shape index (κ1) is 12.1. The van der Waals surface area contributed by atoms with Gasteiger partial charge in [-0.05, 0) is 24.3 Å². The molecule has 0 aliphatic heterocycles. The minimum atomic E-state index is 0.0000260. The maximum absolute atomic E-state index is 12.5. The Labute approximate surface area is 119 Å². The van der Waals surface area contributed by atoms with Crippen LogP contribution in [0.15, 0.2) is 65.3 Å². The summed E-state index contributed by atoms with van der Waals surface area (Å²) in [4.78, 5) is 16.7. The molecule has 3 aromatic rings. The minimum Gasteiger partial charge on any atom is -0.289 e. The lowest BCUT2D eigenvalue weighted by atomic mass is 10.0. The van der Waals surface area contributed by atoms with Crippen molar-refractivity contribution in [2.75, 3.05) is 0 Å². The van der Waals surface area contributed by atoms with Crippen LogP contribution in [0, 0.1) is 0 Å². The Morgan fingerprint density at radius 3 is 2.68 bits per heavy atom. The number of benzene rings is 2. The molecule has 0 N–H and O–H groups in total. The van der Waals surface area contributed by atoms with Crippen LogP contribution in [0.25, 0.3) is 10.9 Å². The maximum atomic E-state index is 12.5. The second-order valence-electron chi connectivity index (χ2n) is 4.22. The average molecular weight is 312 g/mol. The van der Waals surface area contributed by atoms with E-state index < -0.39 is 0 Å². The first-order valence-electron chi connectivity index (χ1n) is 5.90. The molecular formula is C16H10BrNO. The minimum absolute atomic E-state index is 0.0000260. The van der Waals surface area contributed by atoms with Crippen LogP contribution in [-0.2, 0) is 0 Å². The summed E-state index contributed by atoms with van der Waals surface area (Å²) in [5, 5.41) is 1.03. The summed E-state index contributed by atoms with van der Waals surface area (Å²) in [6.07, 6.45) is 1.73. The number of carbonyl (C=O) groups excluding carboxylic acids is 1. The van der Waals surface area contributed by atoms with Gasteiger partial charge in [-0.2, -0.15) is 0 Å². The molecule has 19 heavy (non-hydrogen) atoms. The zero-order valence-corrected chi connectivity index (χ0v) is 11.6. The van der Waals surface area contributed by atoms with Gasteiger partial charge in [0.2, 0.25) is 0 Å². The van der Waals surface area contributed by atoms with Gasteiger partial charge in [-0.15, -0.1) is 0 Å². The number of aromatic nitrogens is 1. The molecule has 0 amide bonds. The summed E-state index contributed by atoms with van der Waals surface area (Å²) in [6.45, 7) is 0. The highest BCUT2D eigenvalue weighted by atomic mass is 79.9. The second kappa shape index (κ2) is 4.94. The predicted octanol–water partition coefficient (Wildman–Crippen LogP) is 4.23. The molecule has 0 spiro atoms. The fourth-order valence-corrected chi connectivity index (χ4v) is 2.47. The molecular weight excluding hydrogens is 302 g/mol. The molecule has 1 aromatic heterocycles. The standard InChI is InChI=1S/C16H10BrNO/c17-14-6-2-1-5-13(14)16(19)12-8-7-11-4-3-9-18-15(11)10-12/h1-10H. The molecule has 1 heterocycles. The number of halogens is 1. The Morgan fingerprint density at radius 1 is 1.00 bits per heavy atom. The second-order valence-corrected chi connectivity index (χ2v) is 5.07. The lowest BCUT2D eigenvalue weighted by molar-refractivity contribution is 0.103. The van der Waals surface area contributed by atoms with Crippen molar-refractivity contribution in [2.45, 2.75) is 0 Å². The van der Waals surface area contributed by atoms with E-state index in [1.165, 1.54) is 0 Å². The molecule has 0 bridgehead atoms. The molecule has 0 radical (unpaired) electrons. The number of carbonyl (C=O) groups is 1. The third-order valence-electron chi connectivity index (χ3n) is 2.99. The molecule has 3 heteroatoms. The summed E-state index contributed by atoms with van der Waals surface area (Å²) in [7, 11) is 0. The van der Waals surface area contributed by atoms with Crippen LogP contribution in [0.3, 0.4) is 0 Å². The molecule has 0 saturated heterocycles. The van der Waals surface area contributed by atoms with E-state index >= 15 is 0 Å². The van der Waals surface area contributed by atoms with Crippen molar-refractivity contribution in [3.8, 4) is 0 Å². The van der Waals surface area contributed by atoms with Crippen LogP contribution in [0.5, 0.6) is 0 Å². The number of hydrogen-bond donors (Lipinski definition) is 0. The highest BCUT2D eigenvalue weighted by molar-refractivity contribution is 9.10. The quantitative estimate of drug-likeness (QED) is 0.663. The summed E-state index contributed by atoms with van der Waals surface area (Å²) in [6, 6.07) is 16.9. The van der Waals surface area contributed by atoms with Crippen LogP contribution in [0.2, 0.25) is 0 Å². The molecule has 2 nitrogen and oxygen atoms in total. The van der Waals surface area contributed by atoms with Gasteiger partial charge in [-0.25, -0.2) is 0 Å². The maximum Gasteiger partial charge on any atom is 0.194 e. The normalized spacial score (nSPS) is 10.6. The van der Waals surface area contributed by atoms with Gasteiger partial charge >= 0.3 is 0 Å². The van der Waals surface area contributed by atoms with E-state index in [-0.39, 0.29) is 5.78 Å². The number of hydrogen-bond acceptors (Lipinski definition) is 2. The van der Waals surface area contributed by atoms with Crippen LogP contribution in [0.1, 0.15) is 15.9 Å². The number of nitrogens with zero attached hydrogens (tertiary/aromatic N) is 1. The van der Waals surface area contributed by atoms with E-state index in [0.717, 1.165) is 15.4 Å². The lowest BCUT2D eigenvalue weighted by Gasteiger charge is -2.04. The first-order chi connectivity index (χ1) is 9.25. The van der Waals surface area contributed by atoms with Crippen molar-refractivity contribution < 1.29 is 4.79 Å². The van der Waals surface area contributed by atoms with Crippen molar-refractivity contribution in [1.29, 1.82) is 0 Å². The van der Waals surface area contributed by atoms with Gasteiger partial charge in [0.25, 0.3) is 0 Å². The third-order valence-corrected chi connectivity index (χ3v) is 3.68. The Kier molecular flexibility index (Phi) is 3.13. The fraction of sp³-hybridized carbons (Fsp3) is 0. The molecule has 92 valence electrons. The fourth-order valence-electron chi connectivity index (χ4n) is 2.01. The van der Waals surface area contributed by atoms with Crippen LogP contribution in [-0.4, -0.2) is 10.8 Å². The number of ketones is 1. The van der Waals surface area contributed by atoms with E-state index in [9.17, 15) is 4.79 Å². The van der Waals surface area contributed by atoms with Crippen molar-refractivity contribution in [3.63, 3.8) is 0 Å². The van der Waals surface area contributed by atoms with Gasteiger partial charge in [0.1, 0.15) is 0 Å². The number of rotatable bonds is 2. The monoisotopic (exact) mass is 311 g/mol. The molecule has 0 unspecified atom stereocenters. The summed E-state index contributed by atoms with van der Waals surface area (Å²) >= 11 is 3.41. The molecule has 0 fully saturated rings. The van der Waals surface area contributed by atoms with E-state index in [0.29, 0.717) is 11.1 Å². The van der Waals surface area contributed by atoms with Crippen molar-refractivity contribution in [3.05, 3.63) is 76.4 Å². The van der Waals surface area contributed by atoms with Gasteiger partial charge in [0.05, 0.1) is 5.52 Å². The van der Waals surface area contributed by atoms with E-state index in [1.54, 1.807) is 6.20 Å². The summed E-state index contributed by atoms with van der Waals surface area (Å²) < 4.78 is 0.807. The SMILES string of the molecule is O=C(c1ccc2cccnc2c1)c1ccccc1Br. The van der Waals surface area contributed by atoms with Crippen molar-refractivity contribution in [2.24, 2.45) is 0 Å². The molecule has 3 rings (SSSR count). The zero-order chi connectivity index (χ0) is 13.2. The van der Waals surface area contributed by atoms with Crippen molar-refractivity contribution >= 4 is 32.6 Å². The predicted molar refractivity (Wildman–Crippen MR) is 79.3 cm³/mol. The molecule has 0 saturated carbocycles. The summed E-state index contributed by atoms with van der Waals surface area (Å²) in [5.74, 6) is 0.0000260. The van der Waals surface area contributed by atoms with Crippen LogP contribution >= 0.6 is 15.9 Å². The molecule has 0 aliphatic rings. The Morgan fingerprint density at radius 2 is 1.84 bits per heavy atom. The van der Waals surface area contributed by atoms with Crippen LogP contribution < -0.4 is 0 Å². The third kappa shape index (κ3) is 2.29. The van der Waals surface area contributed by atoms with Gasteiger partial charge in [-0.3, -0.25) is 9.78 Å². The topological polar surface area (TPSA) is 30.0 Å². The van der Waals surface area contributed by atoms with Crippen molar-refractivity contribution in [1.82, 2.24) is 4.98 Å². The molecule has 0 atom stereocenters. The first-order valence-corrected chi connectivity index (χ1v) is 6.69. The van der Waals surface area contributed by atoms with E-state index in [2.05, 4.69) is 20.9 Å². The highest BCUT2D eigenvalue weighted by Gasteiger charge is 2.12. The lowest BCUT2D eigenvalue weighted by Crippen LogP contribution is -2.02. The van der Waals surface area contributed by atoms with Gasteiger partial charge in [0.15, 0.2) is 5.78 Å².